The largest absolute Gasteiger partial charge is 1.00 e. The van der Waals surface area contributed by atoms with Gasteiger partial charge in [0.15, 0.2) is 0 Å². The summed E-state index contributed by atoms with van der Waals surface area (Å²) >= 11 is 0. The Morgan fingerprint density at radius 1 is 0.947 bits per heavy atom. The van der Waals surface area contributed by atoms with Crippen LogP contribution in [-0.2, 0) is 10.8 Å². The maximum Gasteiger partial charge on any atom is 1.00 e. The van der Waals surface area contributed by atoms with Crippen LogP contribution in [0.2, 0.25) is 0 Å². The van der Waals surface area contributed by atoms with E-state index in [1.54, 1.807) is 0 Å². The van der Waals surface area contributed by atoms with E-state index in [0.717, 1.165) is 0 Å². The molecule has 100 valence electrons. The van der Waals surface area contributed by atoms with Crippen LogP contribution < -0.4 is 34.7 Å². The van der Waals surface area contributed by atoms with E-state index in [0.29, 0.717) is 11.1 Å². The van der Waals surface area contributed by atoms with E-state index in [-0.39, 0.29) is 41.0 Å². The molecule has 0 N–H and O–H groups in total. The van der Waals surface area contributed by atoms with E-state index in [9.17, 15) is 15.2 Å². The summed E-state index contributed by atoms with van der Waals surface area (Å²) in [4.78, 5) is 10.5. The van der Waals surface area contributed by atoms with Gasteiger partial charge in [0.2, 0.25) is 0 Å². The Labute approximate surface area is 136 Å². The Morgan fingerprint density at radius 3 is 1.47 bits per heavy atom. The third-order valence-corrected chi connectivity index (χ3v) is 2.90. The van der Waals surface area contributed by atoms with Crippen LogP contribution >= 0.6 is 0 Å². The molecule has 0 amide bonds. The molecule has 5 heteroatoms. The molecule has 0 heterocycles. The molecule has 0 fully saturated rings. The van der Waals surface area contributed by atoms with Gasteiger partial charge >= 0.3 is 29.6 Å². The fourth-order valence-electron chi connectivity index (χ4n) is 1.83. The molecule has 0 unspecified atom stereocenters. The summed E-state index contributed by atoms with van der Waals surface area (Å²) in [6.07, 6.45) is 0. The van der Waals surface area contributed by atoms with Gasteiger partial charge in [-0.3, -0.25) is 10.1 Å². The van der Waals surface area contributed by atoms with E-state index in [1.807, 2.05) is 41.5 Å². The van der Waals surface area contributed by atoms with Gasteiger partial charge in [-0.1, -0.05) is 41.5 Å². The molecule has 0 atom stereocenters. The van der Waals surface area contributed by atoms with Crippen LogP contribution in [0.25, 0.3) is 0 Å². The van der Waals surface area contributed by atoms with Crippen molar-refractivity contribution < 1.29 is 39.6 Å². The fraction of sp³-hybridized carbons (Fsp3) is 0.571. The van der Waals surface area contributed by atoms with E-state index >= 15 is 0 Å². The van der Waals surface area contributed by atoms with Gasteiger partial charge in [0.05, 0.1) is 4.92 Å². The molecule has 19 heavy (non-hydrogen) atoms. The Bertz CT molecular complexity index is 449. The summed E-state index contributed by atoms with van der Waals surface area (Å²) in [6.45, 7) is 11.3. The van der Waals surface area contributed by atoms with Gasteiger partial charge in [-0.2, -0.15) is 0 Å². The Kier molecular flexibility index (Phi) is 5.64. The third-order valence-electron chi connectivity index (χ3n) is 2.90. The van der Waals surface area contributed by atoms with Crippen LogP contribution in [0.3, 0.4) is 0 Å². The first kappa shape index (κ1) is 18.4. The van der Waals surface area contributed by atoms with Crippen molar-refractivity contribution in [1.82, 2.24) is 0 Å². The molecule has 0 saturated heterocycles. The quantitative estimate of drug-likeness (QED) is 0.419. The zero-order chi connectivity index (χ0) is 14.3. The molecule has 0 aliphatic heterocycles. The SMILES string of the molecule is CC(C)(C)c1cc([N+](=O)[O-])cc(C(C)(C)C)c1[O-].[Na+]. The minimum Gasteiger partial charge on any atom is -0.872 e. The number of nitrogens with zero attached hydrogens (tertiary/aromatic N) is 1. The zero-order valence-corrected chi connectivity index (χ0v) is 14.8. The number of benzene rings is 1. The molecule has 1 aromatic carbocycles. The summed E-state index contributed by atoms with van der Waals surface area (Å²) < 4.78 is 0. The Hall–Kier alpha value is -0.580. The first-order valence-corrected chi connectivity index (χ1v) is 5.95. The first-order chi connectivity index (χ1) is 7.94. The van der Waals surface area contributed by atoms with Crippen LogP contribution in [0.15, 0.2) is 12.1 Å². The van der Waals surface area contributed by atoms with Crippen LogP contribution in [0, 0.1) is 10.1 Å². The third kappa shape index (κ3) is 4.20. The number of rotatable bonds is 1. The predicted molar refractivity (Wildman–Crippen MR) is 69.9 cm³/mol. The second-order valence-corrected chi connectivity index (χ2v) is 6.63. The molecular formula is C14H20NNaO3. The molecule has 0 aliphatic rings. The van der Waals surface area contributed by atoms with Crippen LogP contribution in [0.1, 0.15) is 52.7 Å². The van der Waals surface area contributed by atoms with Crippen molar-refractivity contribution in [3.8, 4) is 5.75 Å². The van der Waals surface area contributed by atoms with Crippen LogP contribution in [0.4, 0.5) is 5.69 Å². The molecule has 0 aromatic heterocycles. The van der Waals surface area contributed by atoms with Crippen molar-refractivity contribution in [2.45, 2.75) is 52.4 Å². The monoisotopic (exact) mass is 273 g/mol. The second kappa shape index (κ2) is 5.81. The summed E-state index contributed by atoms with van der Waals surface area (Å²) in [5, 5.41) is 23.4. The van der Waals surface area contributed by atoms with Crippen LogP contribution in [-0.4, -0.2) is 4.92 Å². The van der Waals surface area contributed by atoms with Crippen molar-refractivity contribution in [1.29, 1.82) is 0 Å². The number of hydrogen-bond acceptors (Lipinski definition) is 3. The zero-order valence-electron chi connectivity index (χ0n) is 12.8. The van der Waals surface area contributed by atoms with Crippen molar-refractivity contribution in [3.05, 3.63) is 33.4 Å². The molecule has 0 spiro atoms. The van der Waals surface area contributed by atoms with Gasteiger partial charge in [-0.25, -0.2) is 0 Å². The molecule has 4 nitrogen and oxygen atoms in total. The molecule has 0 radical (unpaired) electrons. The molecule has 0 aliphatic carbocycles. The van der Waals surface area contributed by atoms with Crippen molar-refractivity contribution >= 4 is 5.69 Å². The van der Waals surface area contributed by atoms with Gasteiger partial charge in [0.1, 0.15) is 0 Å². The predicted octanol–water partition coefficient (Wildman–Crippen LogP) is 0.267. The minimum absolute atomic E-state index is 0. The number of nitro groups is 1. The fourth-order valence-corrected chi connectivity index (χ4v) is 1.83. The maximum absolute atomic E-state index is 12.4. The van der Waals surface area contributed by atoms with Gasteiger partial charge in [-0.05, 0) is 22.0 Å². The molecule has 1 rings (SSSR count). The molecular weight excluding hydrogens is 253 g/mol. The first-order valence-electron chi connectivity index (χ1n) is 5.95. The second-order valence-electron chi connectivity index (χ2n) is 6.63. The van der Waals surface area contributed by atoms with E-state index in [1.165, 1.54) is 12.1 Å². The summed E-state index contributed by atoms with van der Waals surface area (Å²) in [5.41, 5.74) is 0.194. The number of hydrogen-bond donors (Lipinski definition) is 0. The summed E-state index contributed by atoms with van der Waals surface area (Å²) in [5.74, 6) is -0.0828. The van der Waals surface area contributed by atoms with Gasteiger partial charge < -0.3 is 5.11 Å². The van der Waals surface area contributed by atoms with Gasteiger partial charge in [0, 0.05) is 12.1 Å². The average Bonchev–Trinajstić information content (AvgIpc) is 2.13. The van der Waals surface area contributed by atoms with Gasteiger partial charge in [-0.15, -0.1) is 5.75 Å². The normalized spacial score (nSPS) is 11.9. The number of non-ortho nitro benzene ring substituents is 1. The minimum atomic E-state index is -0.441. The van der Waals surface area contributed by atoms with Crippen molar-refractivity contribution in [3.63, 3.8) is 0 Å². The molecule has 0 saturated carbocycles. The summed E-state index contributed by atoms with van der Waals surface area (Å²) in [6, 6.07) is 2.80. The maximum atomic E-state index is 12.4. The van der Waals surface area contributed by atoms with Crippen molar-refractivity contribution in [2.75, 3.05) is 0 Å². The molecule has 1 aromatic rings. The number of nitro benzene ring substituents is 1. The van der Waals surface area contributed by atoms with Crippen molar-refractivity contribution in [2.24, 2.45) is 0 Å². The topological polar surface area (TPSA) is 66.2 Å². The van der Waals surface area contributed by atoms with E-state index < -0.39 is 15.8 Å². The smallest absolute Gasteiger partial charge is 0.872 e. The van der Waals surface area contributed by atoms with Gasteiger partial charge in [0.25, 0.3) is 5.69 Å². The average molecular weight is 273 g/mol. The molecule has 0 bridgehead atoms. The Balaban J connectivity index is 0.00000324. The van der Waals surface area contributed by atoms with Crippen LogP contribution in [0.5, 0.6) is 5.75 Å². The standard InChI is InChI=1S/C14H21NO3.Na/c1-13(2,3)10-7-9(15(17)18)8-11(12(10)16)14(4,5)6;/h7-8,16H,1-6H3;/q;+1/p-1. The Morgan fingerprint density at radius 2 is 1.26 bits per heavy atom. The summed E-state index contributed by atoms with van der Waals surface area (Å²) in [7, 11) is 0. The van der Waals surface area contributed by atoms with E-state index in [4.69, 9.17) is 0 Å². The van der Waals surface area contributed by atoms with E-state index in [2.05, 4.69) is 0 Å².